The topological polar surface area (TPSA) is 61.8 Å². The van der Waals surface area contributed by atoms with E-state index in [0.29, 0.717) is 17.9 Å². The lowest BCUT2D eigenvalue weighted by Gasteiger charge is -2.34. The predicted molar refractivity (Wildman–Crippen MR) is 91.0 cm³/mol. The second kappa shape index (κ2) is 8.89. The maximum Gasteiger partial charge on any atom is 0.255 e. The van der Waals surface area contributed by atoms with Gasteiger partial charge in [-0.05, 0) is 44.9 Å². The Morgan fingerprint density at radius 3 is 3.00 bits per heavy atom. The summed E-state index contributed by atoms with van der Waals surface area (Å²) in [6, 6.07) is 5.89. The van der Waals surface area contributed by atoms with E-state index in [4.69, 9.17) is 4.74 Å². The normalized spacial score (nSPS) is 18.7. The van der Waals surface area contributed by atoms with Crippen LogP contribution in [0, 0.1) is 6.92 Å². The molecule has 1 aliphatic heterocycles. The smallest absolute Gasteiger partial charge is 0.255 e. The third-order valence-corrected chi connectivity index (χ3v) is 4.47. The molecule has 0 aliphatic carbocycles. The third-order valence-electron chi connectivity index (χ3n) is 4.47. The van der Waals surface area contributed by atoms with Gasteiger partial charge in [0, 0.05) is 19.1 Å². The van der Waals surface area contributed by atoms with E-state index in [1.165, 1.54) is 12.8 Å². The molecule has 23 heavy (non-hydrogen) atoms. The number of benzene rings is 1. The van der Waals surface area contributed by atoms with Crippen LogP contribution in [0.4, 0.5) is 0 Å². The zero-order valence-corrected chi connectivity index (χ0v) is 14.2. The van der Waals surface area contributed by atoms with Crippen LogP contribution in [0.25, 0.3) is 0 Å². The number of piperidine rings is 1. The number of hydrogen-bond donors (Lipinski definition) is 2. The van der Waals surface area contributed by atoms with Crippen LogP contribution in [-0.4, -0.2) is 55.3 Å². The summed E-state index contributed by atoms with van der Waals surface area (Å²) in [6.45, 7) is 4.78. The van der Waals surface area contributed by atoms with Crippen LogP contribution in [-0.2, 0) is 0 Å². The molecule has 0 saturated carbocycles. The number of carbonyl (C=O) groups is 1. The maximum absolute atomic E-state index is 12.3. The van der Waals surface area contributed by atoms with Crippen molar-refractivity contribution in [3.05, 3.63) is 29.3 Å². The molecule has 1 aromatic carbocycles. The quantitative estimate of drug-likeness (QED) is 0.754. The van der Waals surface area contributed by atoms with Crippen molar-refractivity contribution in [2.75, 3.05) is 33.4 Å². The molecule has 2 N–H and O–H groups in total. The molecule has 1 atom stereocenters. The van der Waals surface area contributed by atoms with Gasteiger partial charge < -0.3 is 15.2 Å². The van der Waals surface area contributed by atoms with Gasteiger partial charge in [-0.1, -0.05) is 18.1 Å². The van der Waals surface area contributed by atoms with Crippen molar-refractivity contribution < 1.29 is 14.6 Å². The Morgan fingerprint density at radius 1 is 1.43 bits per heavy atom. The van der Waals surface area contributed by atoms with Gasteiger partial charge in [0.25, 0.3) is 5.91 Å². The fourth-order valence-electron chi connectivity index (χ4n) is 3.14. The monoisotopic (exact) mass is 320 g/mol. The Balaban J connectivity index is 1.80. The largest absolute Gasteiger partial charge is 0.496 e. The maximum atomic E-state index is 12.3. The van der Waals surface area contributed by atoms with Crippen molar-refractivity contribution in [1.82, 2.24) is 10.2 Å². The minimum Gasteiger partial charge on any atom is -0.496 e. The predicted octanol–water partition coefficient (Wildman–Crippen LogP) is 1.97. The summed E-state index contributed by atoms with van der Waals surface area (Å²) in [7, 11) is 1.58. The highest BCUT2D eigenvalue weighted by atomic mass is 16.5. The number of ether oxygens (including phenoxy) is 1. The second-order valence-electron chi connectivity index (χ2n) is 6.18. The molecule has 5 heteroatoms. The number of rotatable bonds is 7. The van der Waals surface area contributed by atoms with Crippen molar-refractivity contribution >= 4 is 5.91 Å². The molecule has 0 spiro atoms. The van der Waals surface area contributed by atoms with Gasteiger partial charge >= 0.3 is 0 Å². The Hall–Kier alpha value is -1.59. The van der Waals surface area contributed by atoms with Crippen LogP contribution in [0.1, 0.15) is 41.6 Å². The van der Waals surface area contributed by atoms with Crippen LogP contribution in [0.15, 0.2) is 18.2 Å². The molecule has 1 saturated heterocycles. The first-order valence-electron chi connectivity index (χ1n) is 8.43. The molecular formula is C18H28N2O3. The van der Waals surface area contributed by atoms with E-state index in [-0.39, 0.29) is 18.6 Å². The molecule has 5 nitrogen and oxygen atoms in total. The van der Waals surface area contributed by atoms with Gasteiger partial charge in [-0.15, -0.1) is 0 Å². The minimum absolute atomic E-state index is 0.0945. The number of aryl methyl sites for hydroxylation is 1. The zero-order chi connectivity index (χ0) is 16.7. The molecule has 0 bridgehead atoms. The highest BCUT2D eigenvalue weighted by molar-refractivity contribution is 5.97. The molecule has 1 aliphatic rings. The molecular weight excluding hydrogens is 292 g/mol. The standard InChI is InChI=1S/C18H28N2O3/c1-14-7-8-17(23-2)16(12-14)18(22)19-9-5-11-20-10-4-3-6-15(20)13-21/h7-8,12,15,21H,3-6,9-11,13H2,1-2H3,(H,19,22). The number of hydrogen-bond acceptors (Lipinski definition) is 4. The van der Waals surface area contributed by atoms with Crippen LogP contribution in [0.5, 0.6) is 5.75 Å². The second-order valence-corrected chi connectivity index (χ2v) is 6.18. The Labute approximate surface area is 138 Å². The van der Waals surface area contributed by atoms with Gasteiger partial charge in [0.15, 0.2) is 0 Å². The molecule has 1 amide bonds. The Bertz CT molecular complexity index is 519. The summed E-state index contributed by atoms with van der Waals surface area (Å²) < 4.78 is 5.25. The molecule has 2 rings (SSSR count). The number of likely N-dealkylation sites (tertiary alicyclic amines) is 1. The van der Waals surface area contributed by atoms with Gasteiger partial charge in [-0.2, -0.15) is 0 Å². The number of amides is 1. The van der Waals surface area contributed by atoms with Gasteiger partial charge in [0.05, 0.1) is 19.3 Å². The third kappa shape index (κ3) is 4.94. The fourth-order valence-corrected chi connectivity index (χ4v) is 3.14. The minimum atomic E-state index is -0.0945. The average molecular weight is 320 g/mol. The van der Waals surface area contributed by atoms with Crippen molar-refractivity contribution in [2.45, 2.75) is 38.6 Å². The van der Waals surface area contributed by atoms with Crippen molar-refractivity contribution in [2.24, 2.45) is 0 Å². The van der Waals surface area contributed by atoms with Crippen LogP contribution >= 0.6 is 0 Å². The first-order valence-corrected chi connectivity index (χ1v) is 8.43. The highest BCUT2D eigenvalue weighted by Crippen LogP contribution is 2.19. The summed E-state index contributed by atoms with van der Waals surface area (Å²) in [4.78, 5) is 14.6. The molecule has 128 valence electrons. The van der Waals surface area contributed by atoms with E-state index in [2.05, 4.69) is 10.2 Å². The molecule has 1 heterocycles. The van der Waals surface area contributed by atoms with E-state index in [0.717, 1.165) is 31.5 Å². The van der Waals surface area contributed by atoms with Gasteiger partial charge in [-0.3, -0.25) is 9.69 Å². The van der Waals surface area contributed by atoms with Crippen LogP contribution in [0.3, 0.4) is 0 Å². The average Bonchev–Trinajstić information content (AvgIpc) is 2.58. The van der Waals surface area contributed by atoms with Gasteiger partial charge in [0.2, 0.25) is 0 Å². The highest BCUT2D eigenvalue weighted by Gasteiger charge is 2.20. The SMILES string of the molecule is COc1ccc(C)cc1C(=O)NCCCN1CCCCC1CO. The Morgan fingerprint density at radius 2 is 2.26 bits per heavy atom. The molecule has 1 unspecified atom stereocenters. The summed E-state index contributed by atoms with van der Waals surface area (Å²) in [5.41, 5.74) is 1.62. The summed E-state index contributed by atoms with van der Waals surface area (Å²) in [5.74, 6) is 0.507. The van der Waals surface area contributed by atoms with Crippen molar-refractivity contribution in [3.8, 4) is 5.75 Å². The number of nitrogens with zero attached hydrogens (tertiary/aromatic N) is 1. The number of carbonyl (C=O) groups excluding carboxylic acids is 1. The van der Waals surface area contributed by atoms with Gasteiger partial charge in [-0.25, -0.2) is 0 Å². The zero-order valence-electron chi connectivity index (χ0n) is 14.2. The molecule has 0 aromatic heterocycles. The fraction of sp³-hybridized carbons (Fsp3) is 0.611. The van der Waals surface area contributed by atoms with Crippen molar-refractivity contribution in [3.63, 3.8) is 0 Å². The van der Waals surface area contributed by atoms with E-state index in [1.807, 2.05) is 25.1 Å². The van der Waals surface area contributed by atoms with E-state index < -0.39 is 0 Å². The van der Waals surface area contributed by atoms with E-state index in [9.17, 15) is 9.90 Å². The lowest BCUT2D eigenvalue weighted by Crippen LogP contribution is -2.43. The first-order chi connectivity index (χ1) is 11.2. The number of nitrogens with one attached hydrogen (secondary N) is 1. The number of methoxy groups -OCH3 is 1. The number of aliphatic hydroxyl groups excluding tert-OH is 1. The number of aliphatic hydroxyl groups is 1. The molecule has 0 radical (unpaired) electrons. The van der Waals surface area contributed by atoms with Gasteiger partial charge in [0.1, 0.15) is 5.75 Å². The van der Waals surface area contributed by atoms with E-state index >= 15 is 0 Å². The van der Waals surface area contributed by atoms with E-state index in [1.54, 1.807) is 7.11 Å². The molecule has 1 fully saturated rings. The van der Waals surface area contributed by atoms with Crippen LogP contribution in [0.2, 0.25) is 0 Å². The lowest BCUT2D eigenvalue weighted by atomic mass is 10.0. The summed E-state index contributed by atoms with van der Waals surface area (Å²) in [6.07, 6.45) is 4.36. The summed E-state index contributed by atoms with van der Waals surface area (Å²) in [5, 5.41) is 12.4. The molecule has 1 aromatic rings. The first kappa shape index (κ1) is 17.8. The summed E-state index contributed by atoms with van der Waals surface area (Å²) >= 11 is 0. The van der Waals surface area contributed by atoms with Crippen molar-refractivity contribution in [1.29, 1.82) is 0 Å². The lowest BCUT2D eigenvalue weighted by molar-refractivity contribution is 0.0867. The Kier molecular flexibility index (Phi) is 6.86. The van der Waals surface area contributed by atoms with Crippen LogP contribution < -0.4 is 10.1 Å².